The summed E-state index contributed by atoms with van der Waals surface area (Å²) in [5, 5.41) is 0.132. The molecule has 1 aliphatic carbocycles. The number of halogens is 1. The average molecular weight is 221 g/mol. The molecule has 1 aromatic rings. The van der Waals surface area contributed by atoms with Crippen molar-refractivity contribution in [1.82, 2.24) is 5.43 Å². The molecule has 0 fully saturated rings. The summed E-state index contributed by atoms with van der Waals surface area (Å²) in [6, 6.07) is 9.98. The van der Waals surface area contributed by atoms with Gasteiger partial charge in [-0.2, -0.15) is 0 Å². The molecule has 0 saturated carbocycles. The highest BCUT2D eigenvalue weighted by Crippen LogP contribution is 2.13. The summed E-state index contributed by atoms with van der Waals surface area (Å²) >= 11 is 5.92. The molecule has 78 valence electrons. The Labute approximate surface area is 94.6 Å². The van der Waals surface area contributed by atoms with E-state index in [-0.39, 0.29) is 5.38 Å². The van der Waals surface area contributed by atoms with E-state index in [0.717, 1.165) is 17.8 Å². The van der Waals surface area contributed by atoms with Crippen LogP contribution in [-0.2, 0) is 0 Å². The lowest BCUT2D eigenvalue weighted by molar-refractivity contribution is 0.931. The quantitative estimate of drug-likeness (QED) is 0.605. The third kappa shape index (κ3) is 3.03. The SMILES string of the molecule is ClC1C=CC(NNc2ccccc2)=CC1. The Kier molecular flexibility index (Phi) is 3.30. The van der Waals surface area contributed by atoms with Crippen molar-refractivity contribution in [1.29, 1.82) is 0 Å². The van der Waals surface area contributed by atoms with Gasteiger partial charge in [-0.15, -0.1) is 11.6 Å². The first kappa shape index (κ1) is 10.1. The molecule has 2 nitrogen and oxygen atoms in total. The van der Waals surface area contributed by atoms with Crippen LogP contribution in [0.1, 0.15) is 6.42 Å². The van der Waals surface area contributed by atoms with E-state index < -0.39 is 0 Å². The molecule has 1 unspecified atom stereocenters. The van der Waals surface area contributed by atoms with Crippen molar-refractivity contribution in [3.05, 3.63) is 54.3 Å². The number of anilines is 1. The molecule has 15 heavy (non-hydrogen) atoms. The zero-order chi connectivity index (χ0) is 10.5. The highest BCUT2D eigenvalue weighted by molar-refractivity contribution is 6.22. The second-order valence-corrected chi connectivity index (χ2v) is 3.95. The van der Waals surface area contributed by atoms with E-state index in [1.165, 1.54) is 0 Å². The van der Waals surface area contributed by atoms with Gasteiger partial charge in [-0.25, -0.2) is 0 Å². The first-order valence-corrected chi connectivity index (χ1v) is 5.38. The van der Waals surface area contributed by atoms with Crippen LogP contribution in [0, 0.1) is 0 Å². The Morgan fingerprint density at radius 2 is 1.93 bits per heavy atom. The molecule has 0 bridgehead atoms. The second-order valence-electron chi connectivity index (χ2n) is 3.39. The smallest absolute Gasteiger partial charge is 0.0555 e. The summed E-state index contributed by atoms with van der Waals surface area (Å²) < 4.78 is 0. The Morgan fingerprint density at radius 3 is 2.60 bits per heavy atom. The van der Waals surface area contributed by atoms with E-state index in [4.69, 9.17) is 11.6 Å². The molecule has 0 aromatic heterocycles. The van der Waals surface area contributed by atoms with Crippen LogP contribution in [-0.4, -0.2) is 5.38 Å². The van der Waals surface area contributed by atoms with E-state index in [2.05, 4.69) is 16.9 Å². The number of rotatable bonds is 3. The van der Waals surface area contributed by atoms with Crippen LogP contribution >= 0.6 is 11.6 Å². The molecular weight excluding hydrogens is 208 g/mol. The Balaban J connectivity index is 1.87. The number of para-hydroxylation sites is 1. The molecule has 0 spiro atoms. The van der Waals surface area contributed by atoms with Gasteiger partial charge in [0.25, 0.3) is 0 Å². The molecule has 0 aliphatic heterocycles. The van der Waals surface area contributed by atoms with Crippen LogP contribution < -0.4 is 10.9 Å². The molecule has 3 heteroatoms. The molecule has 1 atom stereocenters. The number of hydrazine groups is 1. The zero-order valence-corrected chi connectivity index (χ0v) is 9.04. The summed E-state index contributed by atoms with van der Waals surface area (Å²) in [7, 11) is 0. The lowest BCUT2D eigenvalue weighted by Gasteiger charge is -2.14. The maximum absolute atomic E-state index is 5.92. The van der Waals surface area contributed by atoms with Gasteiger partial charge in [0, 0.05) is 5.70 Å². The highest BCUT2D eigenvalue weighted by Gasteiger charge is 2.03. The summed E-state index contributed by atoms with van der Waals surface area (Å²) in [5.41, 5.74) is 8.33. The number of alkyl halides is 1. The first-order valence-electron chi connectivity index (χ1n) is 4.94. The predicted molar refractivity (Wildman–Crippen MR) is 64.7 cm³/mol. The molecule has 2 N–H and O–H groups in total. The lowest BCUT2D eigenvalue weighted by Crippen LogP contribution is -2.21. The molecule has 0 amide bonds. The minimum absolute atomic E-state index is 0.132. The molecule has 1 aromatic carbocycles. The minimum Gasteiger partial charge on any atom is -0.301 e. The first-order chi connectivity index (χ1) is 7.34. The Bertz CT molecular complexity index is 370. The van der Waals surface area contributed by atoms with Gasteiger partial charge in [-0.3, -0.25) is 0 Å². The Morgan fingerprint density at radius 1 is 1.13 bits per heavy atom. The molecule has 0 saturated heterocycles. The van der Waals surface area contributed by atoms with Crippen molar-refractivity contribution in [2.45, 2.75) is 11.8 Å². The summed E-state index contributed by atoms with van der Waals surface area (Å²) in [4.78, 5) is 0. The summed E-state index contributed by atoms with van der Waals surface area (Å²) in [6.45, 7) is 0. The normalized spacial score (nSPS) is 19.5. The van der Waals surface area contributed by atoms with Gasteiger partial charge in [0.2, 0.25) is 0 Å². The van der Waals surface area contributed by atoms with Gasteiger partial charge in [0.1, 0.15) is 0 Å². The van der Waals surface area contributed by atoms with Crippen molar-refractivity contribution in [2.24, 2.45) is 0 Å². The number of allylic oxidation sites excluding steroid dienone is 3. The predicted octanol–water partition coefficient (Wildman–Crippen LogP) is 3.05. The van der Waals surface area contributed by atoms with Crippen LogP contribution in [0.4, 0.5) is 5.69 Å². The van der Waals surface area contributed by atoms with Gasteiger partial charge in [-0.05, 0) is 24.6 Å². The molecule has 2 rings (SSSR count). The van der Waals surface area contributed by atoms with Gasteiger partial charge in [-0.1, -0.05) is 30.4 Å². The average Bonchev–Trinajstić information content (AvgIpc) is 2.30. The number of hydrogen-bond donors (Lipinski definition) is 2. The monoisotopic (exact) mass is 220 g/mol. The largest absolute Gasteiger partial charge is 0.301 e. The van der Waals surface area contributed by atoms with Crippen molar-refractivity contribution in [3.8, 4) is 0 Å². The topological polar surface area (TPSA) is 24.1 Å². The fraction of sp³-hybridized carbons (Fsp3) is 0.167. The Hall–Kier alpha value is -1.41. The van der Waals surface area contributed by atoms with E-state index in [9.17, 15) is 0 Å². The van der Waals surface area contributed by atoms with Crippen molar-refractivity contribution in [2.75, 3.05) is 5.43 Å². The van der Waals surface area contributed by atoms with Gasteiger partial charge < -0.3 is 10.9 Å². The van der Waals surface area contributed by atoms with Crippen LogP contribution in [0.15, 0.2) is 54.3 Å². The molecule has 0 radical (unpaired) electrons. The van der Waals surface area contributed by atoms with Crippen molar-refractivity contribution >= 4 is 17.3 Å². The minimum atomic E-state index is 0.132. The number of hydrogen-bond acceptors (Lipinski definition) is 2. The summed E-state index contributed by atoms with van der Waals surface area (Å²) in [6.07, 6.45) is 6.91. The van der Waals surface area contributed by atoms with Crippen LogP contribution in [0.2, 0.25) is 0 Å². The molecule has 1 aliphatic rings. The standard InChI is InChI=1S/C12H13ClN2/c13-10-6-8-12(9-7-10)15-14-11-4-2-1-3-5-11/h1-6,8-10,14-15H,7H2. The fourth-order valence-electron chi connectivity index (χ4n) is 1.35. The van der Waals surface area contributed by atoms with Crippen molar-refractivity contribution in [3.63, 3.8) is 0 Å². The van der Waals surface area contributed by atoms with Crippen molar-refractivity contribution < 1.29 is 0 Å². The number of benzene rings is 1. The van der Waals surface area contributed by atoms with Gasteiger partial charge >= 0.3 is 0 Å². The van der Waals surface area contributed by atoms with Crippen LogP contribution in [0.3, 0.4) is 0 Å². The van der Waals surface area contributed by atoms with E-state index in [0.29, 0.717) is 0 Å². The molecular formula is C12H13ClN2. The third-order valence-electron chi connectivity index (χ3n) is 2.17. The van der Waals surface area contributed by atoms with E-state index in [1.807, 2.05) is 42.5 Å². The van der Waals surface area contributed by atoms with E-state index >= 15 is 0 Å². The van der Waals surface area contributed by atoms with Crippen LogP contribution in [0.5, 0.6) is 0 Å². The summed E-state index contributed by atoms with van der Waals surface area (Å²) in [5.74, 6) is 0. The maximum atomic E-state index is 5.92. The van der Waals surface area contributed by atoms with Crippen LogP contribution in [0.25, 0.3) is 0 Å². The maximum Gasteiger partial charge on any atom is 0.0555 e. The highest BCUT2D eigenvalue weighted by atomic mass is 35.5. The number of nitrogens with one attached hydrogen (secondary N) is 2. The molecule has 0 heterocycles. The lowest BCUT2D eigenvalue weighted by atomic mass is 10.1. The van der Waals surface area contributed by atoms with Gasteiger partial charge in [0.15, 0.2) is 0 Å². The third-order valence-corrected chi connectivity index (χ3v) is 2.50. The van der Waals surface area contributed by atoms with E-state index in [1.54, 1.807) is 0 Å². The van der Waals surface area contributed by atoms with Gasteiger partial charge in [0.05, 0.1) is 11.1 Å². The zero-order valence-electron chi connectivity index (χ0n) is 8.28. The fourth-order valence-corrected chi connectivity index (χ4v) is 1.51. The second kappa shape index (κ2) is 4.89.